The van der Waals surface area contributed by atoms with Crippen molar-refractivity contribution >= 4 is 5.71 Å². The molecule has 50 valence electrons. The van der Waals surface area contributed by atoms with Crippen LogP contribution in [-0.2, 0) is 0 Å². The first-order valence-electron chi connectivity index (χ1n) is 2.83. The van der Waals surface area contributed by atoms with Gasteiger partial charge in [0.1, 0.15) is 0 Å². The van der Waals surface area contributed by atoms with Crippen LogP contribution in [0.3, 0.4) is 0 Å². The fraction of sp³-hybridized carbons (Fsp3) is 0.286. The molecule has 0 aromatic rings. The van der Waals surface area contributed by atoms with E-state index >= 15 is 0 Å². The van der Waals surface area contributed by atoms with E-state index in [2.05, 4.69) is 4.99 Å². The Morgan fingerprint density at radius 2 is 2.11 bits per heavy atom. The third-order valence-electron chi connectivity index (χ3n) is 0.863. The molecule has 2 nitrogen and oxygen atoms in total. The quantitative estimate of drug-likeness (QED) is 0.550. The summed E-state index contributed by atoms with van der Waals surface area (Å²) in [6.07, 6.45) is 7.04. The number of hydrogen-bond acceptors (Lipinski definition) is 2. The zero-order chi connectivity index (χ0) is 7.11. The lowest BCUT2D eigenvalue weighted by molar-refractivity contribution is 1.44. The minimum absolute atomic E-state index is 0.889. The molecule has 2 heteroatoms. The molecule has 0 bridgehead atoms. The molecule has 9 heavy (non-hydrogen) atoms. The monoisotopic (exact) mass is 124 g/mol. The molecule has 0 rings (SSSR count). The number of nitrogens with zero attached hydrogens (tertiary/aromatic N) is 1. The van der Waals surface area contributed by atoms with Gasteiger partial charge in [-0.15, -0.1) is 0 Å². The van der Waals surface area contributed by atoms with Gasteiger partial charge in [0.2, 0.25) is 0 Å². The van der Waals surface area contributed by atoms with Gasteiger partial charge < -0.3 is 5.73 Å². The van der Waals surface area contributed by atoms with Crippen LogP contribution in [0.15, 0.2) is 29.4 Å². The third kappa shape index (κ3) is 3.53. The summed E-state index contributed by atoms with van der Waals surface area (Å²) in [5.74, 6) is 0. The van der Waals surface area contributed by atoms with Crippen LogP contribution in [0.4, 0.5) is 0 Å². The summed E-state index contributed by atoms with van der Waals surface area (Å²) in [5.41, 5.74) is 6.03. The van der Waals surface area contributed by atoms with Crippen molar-refractivity contribution in [2.24, 2.45) is 10.7 Å². The fourth-order valence-corrected chi connectivity index (χ4v) is 0.474. The van der Waals surface area contributed by atoms with E-state index in [4.69, 9.17) is 5.73 Å². The van der Waals surface area contributed by atoms with E-state index in [1.54, 1.807) is 13.1 Å². The van der Waals surface area contributed by atoms with Gasteiger partial charge >= 0.3 is 0 Å². The number of hydrogen-bond donors (Lipinski definition) is 1. The van der Waals surface area contributed by atoms with Crippen molar-refractivity contribution in [2.75, 3.05) is 7.05 Å². The Morgan fingerprint density at radius 3 is 2.44 bits per heavy atom. The third-order valence-corrected chi connectivity index (χ3v) is 0.863. The second-order valence-electron chi connectivity index (χ2n) is 1.51. The molecular formula is C7H12N2. The second-order valence-corrected chi connectivity index (χ2v) is 1.51. The molecule has 0 aliphatic rings. The van der Waals surface area contributed by atoms with Crippen molar-refractivity contribution in [1.82, 2.24) is 0 Å². The molecule has 0 spiro atoms. The van der Waals surface area contributed by atoms with Gasteiger partial charge in [0.05, 0.1) is 5.71 Å². The predicted octanol–water partition coefficient (Wildman–Crippen LogP) is 1.11. The summed E-state index contributed by atoms with van der Waals surface area (Å²) in [6, 6.07) is 0. The summed E-state index contributed by atoms with van der Waals surface area (Å²) >= 11 is 0. The Labute approximate surface area is 55.8 Å². The molecule has 0 aliphatic heterocycles. The van der Waals surface area contributed by atoms with Crippen LogP contribution in [-0.4, -0.2) is 12.8 Å². The van der Waals surface area contributed by atoms with Crippen LogP contribution in [0, 0.1) is 0 Å². The summed E-state index contributed by atoms with van der Waals surface area (Å²) in [7, 11) is 1.73. The van der Waals surface area contributed by atoms with Gasteiger partial charge in [-0.05, 0) is 25.3 Å². The van der Waals surface area contributed by atoms with Crippen LogP contribution >= 0.6 is 0 Å². The van der Waals surface area contributed by atoms with Gasteiger partial charge in [-0.25, -0.2) is 0 Å². The van der Waals surface area contributed by atoms with Crippen LogP contribution in [0.25, 0.3) is 0 Å². The van der Waals surface area contributed by atoms with Gasteiger partial charge in [-0.3, -0.25) is 4.99 Å². The Hall–Kier alpha value is -1.05. The van der Waals surface area contributed by atoms with Gasteiger partial charge in [-0.1, -0.05) is 6.08 Å². The zero-order valence-corrected chi connectivity index (χ0v) is 5.83. The van der Waals surface area contributed by atoms with Crippen molar-refractivity contribution in [1.29, 1.82) is 0 Å². The van der Waals surface area contributed by atoms with Crippen molar-refractivity contribution < 1.29 is 0 Å². The fourth-order valence-electron chi connectivity index (χ4n) is 0.474. The van der Waals surface area contributed by atoms with Crippen LogP contribution < -0.4 is 5.73 Å². The Kier molecular flexibility index (Phi) is 4.50. The number of nitrogens with two attached hydrogens (primary N) is 1. The lowest BCUT2D eigenvalue weighted by atomic mass is 10.3. The second kappa shape index (κ2) is 5.09. The van der Waals surface area contributed by atoms with E-state index in [1.165, 1.54) is 6.20 Å². The first kappa shape index (κ1) is 7.95. The molecule has 2 N–H and O–H groups in total. The Morgan fingerprint density at radius 1 is 1.44 bits per heavy atom. The van der Waals surface area contributed by atoms with E-state index in [9.17, 15) is 0 Å². The molecular weight excluding hydrogens is 112 g/mol. The molecule has 0 amide bonds. The number of rotatable bonds is 2. The maximum atomic E-state index is 5.14. The van der Waals surface area contributed by atoms with Gasteiger partial charge in [-0.2, -0.15) is 0 Å². The average molecular weight is 124 g/mol. The highest BCUT2D eigenvalue weighted by Crippen LogP contribution is 1.81. The van der Waals surface area contributed by atoms with Crippen LogP contribution in [0.1, 0.15) is 6.92 Å². The molecule has 0 aliphatic carbocycles. The van der Waals surface area contributed by atoms with Gasteiger partial charge in [0.15, 0.2) is 0 Å². The smallest absolute Gasteiger partial charge is 0.0581 e. The van der Waals surface area contributed by atoms with Gasteiger partial charge in [0.25, 0.3) is 0 Å². The predicted molar refractivity (Wildman–Crippen MR) is 41.5 cm³/mol. The highest BCUT2D eigenvalue weighted by atomic mass is 14.7. The summed E-state index contributed by atoms with van der Waals surface area (Å²) in [4.78, 5) is 3.93. The van der Waals surface area contributed by atoms with Crippen molar-refractivity contribution in [3.63, 3.8) is 0 Å². The zero-order valence-electron chi connectivity index (χ0n) is 5.83. The summed E-state index contributed by atoms with van der Waals surface area (Å²) < 4.78 is 0. The SMILES string of the molecule is C/C=C\C(/C=C\N)=NC. The lowest BCUT2D eigenvalue weighted by Crippen LogP contribution is -1.88. The molecule has 0 radical (unpaired) electrons. The van der Waals surface area contributed by atoms with Crippen molar-refractivity contribution in [2.45, 2.75) is 6.92 Å². The van der Waals surface area contributed by atoms with Gasteiger partial charge in [0, 0.05) is 7.05 Å². The molecule has 0 aromatic carbocycles. The molecule has 0 unspecified atom stereocenters. The Balaban J connectivity index is 4.01. The highest BCUT2D eigenvalue weighted by molar-refractivity contribution is 6.03. The minimum atomic E-state index is 0.889. The average Bonchev–Trinajstić information content (AvgIpc) is 1.88. The topological polar surface area (TPSA) is 38.4 Å². The van der Waals surface area contributed by atoms with E-state index in [0.29, 0.717) is 0 Å². The lowest BCUT2D eigenvalue weighted by Gasteiger charge is -1.85. The largest absolute Gasteiger partial charge is 0.405 e. The van der Waals surface area contributed by atoms with E-state index < -0.39 is 0 Å². The van der Waals surface area contributed by atoms with E-state index in [-0.39, 0.29) is 0 Å². The van der Waals surface area contributed by atoms with Crippen molar-refractivity contribution in [3.05, 3.63) is 24.4 Å². The molecule has 0 saturated carbocycles. The normalized spacial score (nSPS) is 13.8. The van der Waals surface area contributed by atoms with E-state index in [0.717, 1.165) is 5.71 Å². The standard InChI is InChI=1S/C7H12N2/c1-3-4-7(9-2)5-6-8/h3-6H,8H2,1-2H3/b4-3-,6-5-,9-7?. The van der Waals surface area contributed by atoms with Crippen LogP contribution in [0.2, 0.25) is 0 Å². The van der Waals surface area contributed by atoms with Crippen molar-refractivity contribution in [3.8, 4) is 0 Å². The number of allylic oxidation sites excluding steroid dienone is 3. The van der Waals surface area contributed by atoms with E-state index in [1.807, 2.05) is 19.1 Å². The summed E-state index contributed by atoms with van der Waals surface area (Å²) in [5, 5.41) is 0. The first-order valence-corrected chi connectivity index (χ1v) is 2.83. The minimum Gasteiger partial charge on any atom is -0.405 e. The maximum Gasteiger partial charge on any atom is 0.0581 e. The highest BCUT2D eigenvalue weighted by Gasteiger charge is 1.79. The Bertz CT molecular complexity index is 129. The number of aliphatic imine (C=N–C) groups is 1. The molecule has 0 atom stereocenters. The molecule has 0 fully saturated rings. The first-order chi connectivity index (χ1) is 4.35. The van der Waals surface area contributed by atoms with Crippen LogP contribution in [0.5, 0.6) is 0 Å². The molecule has 0 saturated heterocycles. The maximum absolute atomic E-state index is 5.14. The molecule has 0 heterocycles. The summed E-state index contributed by atoms with van der Waals surface area (Å²) in [6.45, 7) is 1.94. The molecule has 0 aromatic heterocycles.